The van der Waals surface area contributed by atoms with Crippen LogP contribution < -0.4 is 21.3 Å². The number of hydrogen-bond donors (Lipinski definition) is 5. The molecule has 3 heterocycles. The Bertz CT molecular complexity index is 3610. The van der Waals surface area contributed by atoms with Crippen LogP contribution in [0.3, 0.4) is 0 Å². The zero-order valence-electron chi connectivity index (χ0n) is 64.9. The van der Waals surface area contributed by atoms with Gasteiger partial charge in [0.1, 0.15) is 40.4 Å². The molecule has 108 heavy (non-hydrogen) atoms. The normalized spacial score (nSPS) is 15.7. The van der Waals surface area contributed by atoms with Crippen molar-refractivity contribution in [3.05, 3.63) is 86.9 Å². The lowest BCUT2D eigenvalue weighted by Crippen LogP contribution is -2.48. The lowest BCUT2D eigenvalue weighted by Gasteiger charge is -2.37. The van der Waals surface area contributed by atoms with Crippen molar-refractivity contribution in [2.75, 3.05) is 84.5 Å². The summed E-state index contributed by atoms with van der Waals surface area (Å²) in [6.45, 7) is 15.5. The van der Waals surface area contributed by atoms with E-state index in [0.29, 0.717) is 71.7 Å². The number of imide groups is 1. The summed E-state index contributed by atoms with van der Waals surface area (Å²) < 4.78 is 21.9. The van der Waals surface area contributed by atoms with Crippen molar-refractivity contribution < 1.29 is 91.2 Å². The van der Waals surface area contributed by atoms with Gasteiger partial charge in [-0.15, -0.1) is 11.3 Å². The molecule has 1 fully saturated rings. The second kappa shape index (κ2) is 46.7. The van der Waals surface area contributed by atoms with Gasteiger partial charge >= 0.3 is 11.9 Å². The standard InChI is InChI=1S/C80H114N8O19S/c1-12-51(4)64(46-70(94)68-21-14-17-33-86(68)9)79(101)87(10)69(50(2)3)47-71(107-55(8)90)78-85-67(49-108-78)77(100)82-60(39-53(6)80(102)103)42-57-23-22-52(5)66(43-57)83-72(95)27-25-56-24-26-65(59(41-56)45-63(93)31-36-105-35-18-15-20-61(91)40-54(7)89)84-76(99)58(19-13-16-32-81-73(96)48-106-38-37-104-11)44-62(92)30-34-88-74(97)28-29-75(88)98/h22-24,26,28-29,41,43,49-51,53,58,60,64,68-69,71H,12-21,25,27,30-40,42,44-48H2,1-11H3,(H,81,96)(H,82,100)(H,83,95)(H,84,99)(H,102,103)/t51?,53?,58?,60-,64+,68?,69-,71-/m1/s1. The number of likely N-dealkylation sites (N-methyl/N-ethyl adjacent to an activating group) is 1. The number of amides is 7. The van der Waals surface area contributed by atoms with E-state index in [9.17, 15) is 72.2 Å². The number of carboxylic acid groups (broad SMARTS) is 1. The van der Waals surface area contributed by atoms with Crippen LogP contribution in [0.15, 0.2) is 53.9 Å². The highest BCUT2D eigenvalue weighted by atomic mass is 32.1. The third-order valence-electron chi connectivity index (χ3n) is 19.8. The number of ether oxygens (including phenoxy) is 4. The molecule has 0 bridgehead atoms. The molecule has 1 aromatic heterocycles. The molecule has 5 rings (SSSR count). The molecule has 28 heteroatoms. The maximum atomic E-state index is 14.6. The third kappa shape index (κ3) is 31.2. The first kappa shape index (κ1) is 90.0. The molecule has 7 amide bonds. The van der Waals surface area contributed by atoms with Crippen LogP contribution in [-0.4, -0.2) is 199 Å². The second-order valence-corrected chi connectivity index (χ2v) is 29.9. The van der Waals surface area contributed by atoms with Gasteiger partial charge in [-0.05, 0) is 131 Å². The molecule has 27 nitrogen and oxygen atoms in total. The number of rotatable bonds is 52. The summed E-state index contributed by atoms with van der Waals surface area (Å²) in [7, 11) is 5.18. The van der Waals surface area contributed by atoms with Crippen molar-refractivity contribution >= 4 is 105 Å². The van der Waals surface area contributed by atoms with E-state index in [1.54, 1.807) is 49.2 Å². The van der Waals surface area contributed by atoms with Crippen molar-refractivity contribution in [2.45, 2.75) is 214 Å². The highest BCUT2D eigenvalue weighted by molar-refractivity contribution is 7.09. The minimum Gasteiger partial charge on any atom is -0.481 e. The zero-order valence-corrected chi connectivity index (χ0v) is 65.7. The van der Waals surface area contributed by atoms with Crippen molar-refractivity contribution in [1.29, 1.82) is 0 Å². The molecule has 2 aliphatic rings. The maximum absolute atomic E-state index is 14.6. The van der Waals surface area contributed by atoms with Crippen LogP contribution in [0.5, 0.6) is 0 Å². The van der Waals surface area contributed by atoms with Gasteiger partial charge in [-0.25, -0.2) is 4.98 Å². The molecule has 594 valence electrons. The first-order valence-electron chi connectivity index (χ1n) is 37.8. The van der Waals surface area contributed by atoms with Crippen LogP contribution in [0.1, 0.15) is 208 Å². The number of carbonyl (C=O) groups is 14. The Morgan fingerprint density at radius 3 is 2.18 bits per heavy atom. The van der Waals surface area contributed by atoms with Crippen LogP contribution in [0.4, 0.5) is 11.4 Å². The number of likely N-dealkylation sites (tertiary alicyclic amines) is 1. The van der Waals surface area contributed by atoms with E-state index in [-0.39, 0.29) is 199 Å². The predicted molar refractivity (Wildman–Crippen MR) is 406 cm³/mol. The number of carboxylic acids is 1. The topological polar surface area (TPSA) is 367 Å². The molecule has 2 aliphatic heterocycles. The van der Waals surface area contributed by atoms with Gasteiger partial charge in [0.15, 0.2) is 11.9 Å². The number of esters is 1. The first-order chi connectivity index (χ1) is 51.4. The van der Waals surface area contributed by atoms with Crippen molar-refractivity contribution in [2.24, 2.45) is 29.6 Å². The van der Waals surface area contributed by atoms with E-state index in [1.165, 1.54) is 33.3 Å². The van der Waals surface area contributed by atoms with Crippen molar-refractivity contribution in [3.8, 4) is 0 Å². The lowest BCUT2D eigenvalue weighted by atomic mass is 9.83. The van der Waals surface area contributed by atoms with E-state index in [1.807, 2.05) is 40.8 Å². The van der Waals surface area contributed by atoms with Crippen LogP contribution in [0.2, 0.25) is 0 Å². The Morgan fingerprint density at radius 2 is 1.50 bits per heavy atom. The van der Waals surface area contributed by atoms with Gasteiger partial charge < -0.3 is 50.2 Å². The minimum atomic E-state index is -1.08. The number of aliphatic carboxylic acids is 1. The van der Waals surface area contributed by atoms with Gasteiger partial charge in [-0.1, -0.05) is 78.1 Å². The largest absolute Gasteiger partial charge is 0.481 e. The van der Waals surface area contributed by atoms with Crippen molar-refractivity contribution in [1.82, 2.24) is 30.3 Å². The number of anilines is 2. The minimum absolute atomic E-state index is 0.000678. The second-order valence-electron chi connectivity index (χ2n) is 29.0. The molecule has 3 aromatic rings. The van der Waals surface area contributed by atoms with Gasteiger partial charge in [-0.3, -0.25) is 76.9 Å². The molecule has 2 aromatic carbocycles. The number of hydrogen-bond acceptors (Lipinski definition) is 21. The van der Waals surface area contributed by atoms with E-state index in [2.05, 4.69) is 31.2 Å². The van der Waals surface area contributed by atoms with Gasteiger partial charge in [0.25, 0.3) is 17.7 Å². The van der Waals surface area contributed by atoms with Crippen LogP contribution >= 0.6 is 11.3 Å². The van der Waals surface area contributed by atoms with Crippen LogP contribution in [0.25, 0.3) is 0 Å². The smallest absolute Gasteiger partial charge is 0.306 e. The fraction of sp³-hybridized carbons (Fsp3) is 0.613. The molecular formula is C80H114N8O19S. The molecule has 0 saturated carbocycles. The Labute approximate surface area is 638 Å². The highest BCUT2D eigenvalue weighted by Crippen LogP contribution is 2.34. The van der Waals surface area contributed by atoms with Gasteiger partial charge in [0, 0.05) is 145 Å². The number of carbonyl (C=O) groups excluding carboxylic acids is 13. The number of methoxy groups -OCH3 is 1. The number of Topliss-reactive ketones (excluding diaryl/α,β-unsaturated/α-hetero) is 5. The van der Waals surface area contributed by atoms with Crippen molar-refractivity contribution in [3.63, 3.8) is 0 Å². The molecule has 8 atom stereocenters. The summed E-state index contributed by atoms with van der Waals surface area (Å²) in [5.41, 5.74) is 3.17. The van der Waals surface area contributed by atoms with Gasteiger partial charge in [-0.2, -0.15) is 0 Å². The van der Waals surface area contributed by atoms with E-state index in [4.69, 9.17) is 18.9 Å². The Kier molecular flexibility index (Phi) is 38.9. The van der Waals surface area contributed by atoms with Crippen LogP contribution in [-0.2, 0) is 101 Å². The Hall–Kier alpha value is -8.57. The monoisotopic (exact) mass is 1520 g/mol. The molecule has 5 N–H and O–H groups in total. The number of nitrogens with zero attached hydrogens (tertiary/aromatic N) is 4. The van der Waals surface area contributed by atoms with E-state index in [0.717, 1.165) is 54.2 Å². The van der Waals surface area contributed by atoms with E-state index >= 15 is 0 Å². The average molecular weight is 1520 g/mol. The van der Waals surface area contributed by atoms with Crippen LogP contribution in [0, 0.1) is 36.5 Å². The first-order valence-corrected chi connectivity index (χ1v) is 38.7. The molecular weight excluding hydrogens is 1410 g/mol. The summed E-state index contributed by atoms with van der Waals surface area (Å²) in [5, 5.41) is 23.6. The molecule has 0 spiro atoms. The quantitative estimate of drug-likeness (QED) is 0.0152. The Balaban J connectivity index is 1.31. The number of aryl methyl sites for hydroxylation is 2. The lowest BCUT2D eigenvalue weighted by molar-refractivity contribution is -0.150. The maximum Gasteiger partial charge on any atom is 0.306 e. The fourth-order valence-electron chi connectivity index (χ4n) is 13.3. The number of thiazole rings is 1. The third-order valence-corrected chi connectivity index (χ3v) is 20.8. The van der Waals surface area contributed by atoms with E-state index < -0.39 is 71.5 Å². The summed E-state index contributed by atoms with van der Waals surface area (Å²) in [6, 6.07) is 8.96. The summed E-state index contributed by atoms with van der Waals surface area (Å²) in [5.74, 6) is -8.29. The molecule has 1 saturated heterocycles. The number of benzene rings is 2. The highest BCUT2D eigenvalue weighted by Gasteiger charge is 2.38. The summed E-state index contributed by atoms with van der Waals surface area (Å²) in [6.07, 6.45) is 6.88. The summed E-state index contributed by atoms with van der Waals surface area (Å²) in [4.78, 5) is 193. The number of ketones is 5. The number of piperidine rings is 1. The average Bonchev–Trinajstić information content (AvgIpc) is 1.22. The fourth-order valence-corrected chi connectivity index (χ4v) is 14.1. The molecule has 4 unspecified atom stereocenters. The molecule has 0 radical (unpaired) electrons. The van der Waals surface area contributed by atoms with Gasteiger partial charge in [0.05, 0.1) is 38.2 Å². The van der Waals surface area contributed by atoms with Gasteiger partial charge in [0.2, 0.25) is 23.6 Å². The summed E-state index contributed by atoms with van der Waals surface area (Å²) >= 11 is 1.11. The number of unbranched alkanes of at least 4 members (excludes halogenated alkanes) is 2. The number of nitrogens with one attached hydrogen (secondary N) is 4. The Morgan fingerprint density at radius 1 is 0.769 bits per heavy atom. The number of aromatic nitrogens is 1. The zero-order chi connectivity index (χ0) is 79.6. The molecule has 0 aliphatic carbocycles. The predicted octanol–water partition coefficient (Wildman–Crippen LogP) is 9.07. The SMILES string of the molecule is CCC(C)[C@H](CC(=O)C1CCCCN1C)C(=O)N(C)[C@H](C[C@@H](OC(C)=O)c1nc(C(=O)N[C@@H](Cc2ccc(C)c(NC(=O)CCc3ccc(NC(=O)C(CCCCNC(=O)COCCOC)CC(=O)CCN4C(=O)C=CC4=O)c(CC(=O)CCOCCCCC(=O)CC(C)=O)c3)c2)CC(C)C(=O)O)cs1)C(C)C.